The number of hydrogen-bond donors (Lipinski definition) is 0. The molecule has 0 saturated heterocycles. The normalized spacial score (nSPS) is 12.4. The van der Waals surface area contributed by atoms with Gasteiger partial charge in [-0.2, -0.15) is 13.2 Å². The molecule has 1 aromatic rings. The van der Waals surface area contributed by atoms with E-state index in [1.54, 1.807) is 30.3 Å². The van der Waals surface area contributed by atoms with Crippen LogP contribution in [0.25, 0.3) is 0 Å². The van der Waals surface area contributed by atoms with E-state index in [-0.39, 0.29) is 5.90 Å². The summed E-state index contributed by atoms with van der Waals surface area (Å²) in [6, 6.07) is 8.22. The van der Waals surface area contributed by atoms with E-state index < -0.39 is 12.8 Å². The van der Waals surface area contributed by atoms with Gasteiger partial charge in [-0.25, -0.2) is 0 Å². The molecule has 0 N–H and O–H groups in total. The van der Waals surface area contributed by atoms with E-state index in [1.165, 1.54) is 7.11 Å². The molecule has 3 nitrogen and oxygen atoms in total. The summed E-state index contributed by atoms with van der Waals surface area (Å²) < 4.78 is 40.4. The Balaban J connectivity index is 2.74. The zero-order valence-electron chi connectivity index (χ0n) is 8.49. The van der Waals surface area contributed by atoms with E-state index >= 15 is 0 Å². The van der Waals surface area contributed by atoms with Crippen LogP contribution in [0.3, 0.4) is 0 Å². The van der Waals surface area contributed by atoms with Crippen molar-refractivity contribution in [3.8, 4) is 0 Å². The van der Waals surface area contributed by atoms with E-state index in [4.69, 9.17) is 0 Å². The maximum absolute atomic E-state index is 12.0. The van der Waals surface area contributed by atoms with E-state index in [9.17, 15) is 13.2 Å². The Kier molecular flexibility index (Phi) is 4.16. The van der Waals surface area contributed by atoms with Crippen molar-refractivity contribution in [2.45, 2.75) is 6.18 Å². The van der Waals surface area contributed by atoms with Crippen molar-refractivity contribution in [2.24, 2.45) is 5.16 Å². The highest BCUT2D eigenvalue weighted by Gasteiger charge is 2.29. The van der Waals surface area contributed by atoms with Gasteiger partial charge in [-0.05, 0) is 17.3 Å². The maximum atomic E-state index is 12.0. The molecular weight excluding hydrogens is 223 g/mol. The van der Waals surface area contributed by atoms with E-state index in [2.05, 4.69) is 14.7 Å². The van der Waals surface area contributed by atoms with Gasteiger partial charge in [0.1, 0.15) is 7.11 Å². The fourth-order valence-electron chi connectivity index (χ4n) is 0.976. The Morgan fingerprint density at radius 3 is 2.38 bits per heavy atom. The van der Waals surface area contributed by atoms with Crippen LogP contribution in [0.4, 0.5) is 13.2 Å². The summed E-state index contributed by atoms with van der Waals surface area (Å²) >= 11 is 0. The summed E-state index contributed by atoms with van der Waals surface area (Å²) in [4.78, 5) is 4.42. The molecule has 1 rings (SSSR count). The number of rotatable bonds is 3. The molecule has 0 aliphatic carbocycles. The third-order valence-electron chi connectivity index (χ3n) is 1.57. The molecule has 0 heterocycles. The molecule has 6 heteroatoms. The van der Waals surface area contributed by atoms with Crippen LogP contribution < -0.4 is 0 Å². The zero-order valence-corrected chi connectivity index (χ0v) is 8.49. The first kappa shape index (κ1) is 12.4. The van der Waals surface area contributed by atoms with Crippen LogP contribution in [0.5, 0.6) is 0 Å². The Bertz CT molecular complexity index is 349. The lowest BCUT2D eigenvalue weighted by atomic mass is 10.2. The predicted octanol–water partition coefficient (Wildman–Crippen LogP) is 2.57. The highest BCUT2D eigenvalue weighted by molar-refractivity contribution is 5.93. The van der Waals surface area contributed by atoms with Gasteiger partial charge in [-0.3, -0.25) is 0 Å². The van der Waals surface area contributed by atoms with Crippen molar-refractivity contribution in [1.29, 1.82) is 0 Å². The van der Waals surface area contributed by atoms with Gasteiger partial charge in [-0.1, -0.05) is 18.2 Å². The highest BCUT2D eigenvalue weighted by Crippen LogP contribution is 2.16. The molecule has 0 fully saturated rings. The minimum Gasteiger partial charge on any atom is -0.466 e. The van der Waals surface area contributed by atoms with Gasteiger partial charge in [-0.15, -0.1) is 0 Å². The lowest BCUT2D eigenvalue weighted by molar-refractivity contribution is -0.156. The SMILES string of the molecule is CO/N=C(\OCC(F)(F)F)c1ccccc1. The summed E-state index contributed by atoms with van der Waals surface area (Å²) in [5.41, 5.74) is 0.425. The number of halogens is 3. The third kappa shape index (κ3) is 4.20. The molecule has 0 spiro atoms. The molecule has 0 aliphatic rings. The first-order valence-corrected chi connectivity index (χ1v) is 4.39. The molecule has 0 bridgehead atoms. The van der Waals surface area contributed by atoms with Gasteiger partial charge in [0, 0.05) is 5.56 Å². The van der Waals surface area contributed by atoms with E-state index in [0.717, 1.165) is 0 Å². The van der Waals surface area contributed by atoms with Crippen LogP contribution in [0.2, 0.25) is 0 Å². The van der Waals surface area contributed by atoms with Gasteiger partial charge < -0.3 is 9.57 Å². The highest BCUT2D eigenvalue weighted by atomic mass is 19.4. The topological polar surface area (TPSA) is 30.8 Å². The molecule has 0 aromatic heterocycles. The standard InChI is InChI=1S/C10H10F3NO2/c1-15-14-9(16-7-10(11,12)13)8-5-3-2-4-6-8/h2-6H,7H2,1H3/b14-9-. The van der Waals surface area contributed by atoms with Crippen molar-refractivity contribution in [3.05, 3.63) is 35.9 Å². The molecule has 88 valence electrons. The number of nitrogens with zero attached hydrogens (tertiary/aromatic N) is 1. The molecular formula is C10H10F3NO2. The predicted molar refractivity (Wildman–Crippen MR) is 52.0 cm³/mol. The third-order valence-corrected chi connectivity index (χ3v) is 1.57. The van der Waals surface area contributed by atoms with Crippen LogP contribution in [0.1, 0.15) is 5.56 Å². The lowest BCUT2D eigenvalue weighted by Gasteiger charge is -2.10. The number of benzene rings is 1. The van der Waals surface area contributed by atoms with Crippen molar-refractivity contribution in [2.75, 3.05) is 13.7 Å². The fourth-order valence-corrected chi connectivity index (χ4v) is 0.976. The Hall–Kier alpha value is -1.72. The van der Waals surface area contributed by atoms with Crippen molar-refractivity contribution in [1.82, 2.24) is 0 Å². The quantitative estimate of drug-likeness (QED) is 0.456. The van der Waals surface area contributed by atoms with Crippen molar-refractivity contribution >= 4 is 5.90 Å². The summed E-state index contributed by atoms with van der Waals surface area (Å²) in [5, 5.41) is 3.39. The number of alkyl halides is 3. The molecule has 1 aromatic carbocycles. The number of oxime groups is 1. The van der Waals surface area contributed by atoms with Crippen LogP contribution in [0, 0.1) is 0 Å². The lowest BCUT2D eigenvalue weighted by Crippen LogP contribution is -2.21. The van der Waals surface area contributed by atoms with Gasteiger partial charge in [0.15, 0.2) is 6.61 Å². The number of hydrogen-bond acceptors (Lipinski definition) is 3. The van der Waals surface area contributed by atoms with Gasteiger partial charge in [0.25, 0.3) is 5.90 Å². The molecule has 0 unspecified atom stereocenters. The first-order chi connectivity index (χ1) is 7.53. The van der Waals surface area contributed by atoms with Crippen molar-refractivity contribution < 1.29 is 22.7 Å². The molecule has 0 radical (unpaired) electrons. The minimum atomic E-state index is -4.40. The molecule has 0 amide bonds. The second-order valence-electron chi connectivity index (χ2n) is 2.85. The van der Waals surface area contributed by atoms with Crippen LogP contribution in [-0.4, -0.2) is 25.8 Å². The fraction of sp³-hybridized carbons (Fsp3) is 0.300. The summed E-state index contributed by atoms with van der Waals surface area (Å²) in [5.74, 6) is -0.194. The van der Waals surface area contributed by atoms with Crippen molar-refractivity contribution in [3.63, 3.8) is 0 Å². The summed E-state index contributed by atoms with van der Waals surface area (Å²) in [6.45, 7) is -1.40. The Morgan fingerprint density at radius 2 is 1.88 bits per heavy atom. The zero-order chi connectivity index (χ0) is 12.0. The monoisotopic (exact) mass is 233 g/mol. The number of ether oxygens (including phenoxy) is 1. The van der Waals surface area contributed by atoms with Crippen LogP contribution in [0.15, 0.2) is 35.5 Å². The molecule has 0 saturated carbocycles. The van der Waals surface area contributed by atoms with E-state index in [1.807, 2.05) is 0 Å². The average molecular weight is 233 g/mol. The second kappa shape index (κ2) is 5.39. The van der Waals surface area contributed by atoms with Gasteiger partial charge in [0.05, 0.1) is 0 Å². The van der Waals surface area contributed by atoms with Crippen LogP contribution in [-0.2, 0) is 9.57 Å². The average Bonchev–Trinajstić information content (AvgIpc) is 2.24. The molecule has 16 heavy (non-hydrogen) atoms. The smallest absolute Gasteiger partial charge is 0.422 e. The van der Waals surface area contributed by atoms with Crippen LogP contribution >= 0.6 is 0 Å². The summed E-state index contributed by atoms with van der Waals surface area (Å²) in [7, 11) is 1.24. The second-order valence-corrected chi connectivity index (χ2v) is 2.85. The largest absolute Gasteiger partial charge is 0.466 e. The van der Waals surface area contributed by atoms with E-state index in [0.29, 0.717) is 5.56 Å². The van der Waals surface area contributed by atoms with Gasteiger partial charge in [0.2, 0.25) is 0 Å². The minimum absolute atomic E-state index is 0.194. The summed E-state index contributed by atoms with van der Waals surface area (Å²) in [6.07, 6.45) is -4.40. The Labute approximate surface area is 90.5 Å². The van der Waals surface area contributed by atoms with Gasteiger partial charge >= 0.3 is 6.18 Å². The molecule has 0 atom stereocenters. The maximum Gasteiger partial charge on any atom is 0.422 e. The molecule has 0 aliphatic heterocycles. The Morgan fingerprint density at radius 1 is 1.25 bits per heavy atom. The first-order valence-electron chi connectivity index (χ1n) is 4.39.